The van der Waals surface area contributed by atoms with Gasteiger partial charge < -0.3 is 14.8 Å². The maximum atomic E-state index is 13.2. The highest BCUT2D eigenvalue weighted by molar-refractivity contribution is 8.00. The fraction of sp³-hybridized carbons (Fsp3) is 0.375. The van der Waals surface area contributed by atoms with Gasteiger partial charge in [-0.1, -0.05) is 35.5 Å². The van der Waals surface area contributed by atoms with Crippen molar-refractivity contribution in [2.75, 3.05) is 19.0 Å². The zero-order valence-corrected chi connectivity index (χ0v) is 20.7. The molecule has 0 aliphatic heterocycles. The van der Waals surface area contributed by atoms with E-state index in [0.29, 0.717) is 52.1 Å². The summed E-state index contributed by atoms with van der Waals surface area (Å²) in [6, 6.07) is 12.2. The molecular formula is C24H28ClN3O4S. The van der Waals surface area contributed by atoms with E-state index in [9.17, 15) is 9.59 Å². The van der Waals surface area contributed by atoms with Crippen LogP contribution in [0.15, 0.2) is 52.4 Å². The van der Waals surface area contributed by atoms with Crippen LogP contribution in [0.3, 0.4) is 0 Å². The number of hydrogen-bond donors (Lipinski definition) is 1. The van der Waals surface area contributed by atoms with Crippen molar-refractivity contribution >= 4 is 45.9 Å². The summed E-state index contributed by atoms with van der Waals surface area (Å²) in [5.41, 5.74) is 0.956. The Balaban J connectivity index is 1.84. The molecule has 0 spiro atoms. The molecule has 1 atom stereocenters. The van der Waals surface area contributed by atoms with Gasteiger partial charge in [0.05, 0.1) is 35.1 Å². The van der Waals surface area contributed by atoms with Crippen LogP contribution in [0.25, 0.3) is 10.9 Å². The van der Waals surface area contributed by atoms with E-state index >= 15 is 0 Å². The summed E-state index contributed by atoms with van der Waals surface area (Å²) < 4.78 is 12.5. The van der Waals surface area contributed by atoms with Gasteiger partial charge in [0.2, 0.25) is 5.91 Å². The largest absolute Gasteiger partial charge is 0.495 e. The first-order valence-corrected chi connectivity index (χ1v) is 12.0. The summed E-state index contributed by atoms with van der Waals surface area (Å²) in [6.07, 6.45) is 0.781. The van der Waals surface area contributed by atoms with E-state index in [-0.39, 0.29) is 17.6 Å². The Morgan fingerprint density at radius 3 is 2.70 bits per heavy atom. The Hall–Kier alpha value is -2.55. The number of para-hydroxylation sites is 1. The lowest BCUT2D eigenvalue weighted by Crippen LogP contribution is -2.27. The number of nitrogens with zero attached hydrogens (tertiary/aromatic N) is 2. The molecule has 0 saturated carbocycles. The first kappa shape index (κ1) is 25.1. The minimum absolute atomic E-state index is 0.123. The van der Waals surface area contributed by atoms with E-state index in [4.69, 9.17) is 21.1 Å². The minimum Gasteiger partial charge on any atom is -0.495 e. The van der Waals surface area contributed by atoms with Crippen molar-refractivity contribution in [3.63, 3.8) is 0 Å². The number of amides is 1. The lowest BCUT2D eigenvalue weighted by molar-refractivity contribution is -0.115. The average molecular weight is 490 g/mol. The topological polar surface area (TPSA) is 82.5 Å². The van der Waals surface area contributed by atoms with Gasteiger partial charge in [-0.15, -0.1) is 0 Å². The molecular weight excluding hydrogens is 462 g/mol. The second kappa shape index (κ2) is 11.5. The minimum atomic E-state index is -0.528. The van der Waals surface area contributed by atoms with E-state index in [0.717, 1.165) is 0 Å². The summed E-state index contributed by atoms with van der Waals surface area (Å²) in [5, 5.41) is 3.85. The number of rotatable bonds is 10. The standard InChI is InChI=1S/C24H28ClN3O4S/c1-15(2)32-13-7-12-28-23(30)18-8-5-6-9-19(18)27-24(28)33-16(3)22(29)26-20-14-17(25)10-11-21(20)31-4/h5-6,8-11,14-16H,7,12-13H2,1-4H3,(H,26,29). The van der Waals surface area contributed by atoms with Crippen molar-refractivity contribution in [2.24, 2.45) is 0 Å². The zero-order valence-electron chi connectivity index (χ0n) is 19.1. The third kappa shape index (κ3) is 6.50. The lowest BCUT2D eigenvalue weighted by atomic mass is 10.2. The number of benzene rings is 2. The number of thioether (sulfide) groups is 1. The lowest BCUT2D eigenvalue weighted by Gasteiger charge is -2.17. The van der Waals surface area contributed by atoms with Gasteiger partial charge in [-0.25, -0.2) is 4.98 Å². The molecule has 0 aliphatic rings. The van der Waals surface area contributed by atoms with Gasteiger partial charge in [-0.2, -0.15) is 0 Å². The highest BCUT2D eigenvalue weighted by Crippen LogP contribution is 2.29. The number of ether oxygens (including phenoxy) is 2. The van der Waals surface area contributed by atoms with Gasteiger partial charge >= 0.3 is 0 Å². The molecule has 1 N–H and O–H groups in total. The number of fused-ring (bicyclic) bond motifs is 1. The normalized spacial score (nSPS) is 12.2. The molecule has 1 amide bonds. The van der Waals surface area contributed by atoms with Crippen molar-refractivity contribution in [3.8, 4) is 5.75 Å². The van der Waals surface area contributed by atoms with Crippen molar-refractivity contribution in [3.05, 3.63) is 57.8 Å². The summed E-state index contributed by atoms with van der Waals surface area (Å²) in [4.78, 5) is 30.8. The van der Waals surface area contributed by atoms with Gasteiger partial charge in [-0.3, -0.25) is 14.2 Å². The third-order valence-corrected chi connectivity index (χ3v) is 6.20. The molecule has 176 valence electrons. The van der Waals surface area contributed by atoms with Gasteiger partial charge in [0, 0.05) is 18.2 Å². The molecule has 1 aromatic heterocycles. The van der Waals surface area contributed by atoms with E-state index in [1.807, 2.05) is 26.0 Å². The van der Waals surface area contributed by atoms with Crippen molar-refractivity contribution < 1.29 is 14.3 Å². The second-order valence-corrected chi connectivity index (χ2v) is 9.48. The highest BCUT2D eigenvalue weighted by atomic mass is 35.5. The van der Waals surface area contributed by atoms with Crippen LogP contribution in [0.1, 0.15) is 27.2 Å². The van der Waals surface area contributed by atoms with Crippen LogP contribution in [0, 0.1) is 0 Å². The summed E-state index contributed by atoms with van der Waals surface area (Å²) in [6.45, 7) is 6.69. The number of nitrogens with one attached hydrogen (secondary N) is 1. The molecule has 1 heterocycles. The highest BCUT2D eigenvalue weighted by Gasteiger charge is 2.21. The van der Waals surface area contributed by atoms with E-state index < -0.39 is 5.25 Å². The summed E-state index contributed by atoms with van der Waals surface area (Å²) >= 11 is 7.30. The van der Waals surface area contributed by atoms with Crippen LogP contribution in [-0.2, 0) is 16.1 Å². The number of halogens is 1. The number of hydrogen-bond acceptors (Lipinski definition) is 6. The van der Waals surface area contributed by atoms with Crippen LogP contribution in [0.4, 0.5) is 5.69 Å². The summed E-state index contributed by atoms with van der Waals surface area (Å²) in [7, 11) is 1.53. The number of aromatic nitrogens is 2. The predicted octanol–water partition coefficient (Wildman–Crippen LogP) is 4.99. The molecule has 3 aromatic rings. The van der Waals surface area contributed by atoms with Gasteiger partial charge in [0.1, 0.15) is 5.75 Å². The molecule has 33 heavy (non-hydrogen) atoms. The SMILES string of the molecule is COc1ccc(Cl)cc1NC(=O)C(C)Sc1nc2ccccc2c(=O)n1CCCOC(C)C. The number of carbonyl (C=O) groups is 1. The third-order valence-electron chi connectivity index (χ3n) is 4.87. The number of methoxy groups -OCH3 is 1. The fourth-order valence-corrected chi connectivity index (χ4v) is 4.31. The van der Waals surface area contributed by atoms with E-state index in [2.05, 4.69) is 10.3 Å². The van der Waals surface area contributed by atoms with E-state index in [1.165, 1.54) is 18.9 Å². The Bertz CT molecular complexity index is 1180. The molecule has 0 radical (unpaired) electrons. The summed E-state index contributed by atoms with van der Waals surface area (Å²) in [5.74, 6) is 0.258. The van der Waals surface area contributed by atoms with Gasteiger partial charge in [0.15, 0.2) is 5.16 Å². The molecule has 1 unspecified atom stereocenters. The molecule has 3 rings (SSSR count). The van der Waals surface area contributed by atoms with Gasteiger partial charge in [-0.05, 0) is 57.5 Å². The average Bonchev–Trinajstić information content (AvgIpc) is 2.78. The van der Waals surface area contributed by atoms with Crippen LogP contribution < -0.4 is 15.6 Å². The molecule has 2 aromatic carbocycles. The zero-order chi connectivity index (χ0) is 24.0. The van der Waals surface area contributed by atoms with Crippen LogP contribution in [0.5, 0.6) is 5.75 Å². The van der Waals surface area contributed by atoms with E-state index in [1.54, 1.807) is 41.8 Å². The molecule has 0 saturated heterocycles. The Labute approximate surface area is 202 Å². The number of carbonyl (C=O) groups excluding carboxylic acids is 1. The first-order chi connectivity index (χ1) is 15.8. The Morgan fingerprint density at radius 1 is 1.21 bits per heavy atom. The maximum absolute atomic E-state index is 13.2. The Morgan fingerprint density at radius 2 is 1.97 bits per heavy atom. The predicted molar refractivity (Wildman–Crippen MR) is 134 cm³/mol. The second-order valence-electron chi connectivity index (χ2n) is 7.74. The number of anilines is 1. The molecule has 7 nitrogen and oxygen atoms in total. The first-order valence-electron chi connectivity index (χ1n) is 10.7. The monoisotopic (exact) mass is 489 g/mol. The smallest absolute Gasteiger partial charge is 0.262 e. The maximum Gasteiger partial charge on any atom is 0.262 e. The Kier molecular flexibility index (Phi) is 8.77. The van der Waals surface area contributed by atoms with Crippen LogP contribution in [-0.4, -0.2) is 40.5 Å². The quantitative estimate of drug-likeness (QED) is 0.245. The molecule has 9 heteroatoms. The molecule has 0 aliphatic carbocycles. The fourth-order valence-electron chi connectivity index (χ4n) is 3.20. The van der Waals surface area contributed by atoms with Crippen molar-refractivity contribution in [1.82, 2.24) is 9.55 Å². The van der Waals surface area contributed by atoms with Crippen LogP contribution in [0.2, 0.25) is 5.02 Å². The van der Waals surface area contributed by atoms with Crippen LogP contribution >= 0.6 is 23.4 Å². The van der Waals surface area contributed by atoms with Crippen molar-refractivity contribution in [1.29, 1.82) is 0 Å². The molecule has 0 fully saturated rings. The molecule has 0 bridgehead atoms. The van der Waals surface area contributed by atoms with Crippen molar-refractivity contribution in [2.45, 2.75) is 50.2 Å². The van der Waals surface area contributed by atoms with Gasteiger partial charge in [0.25, 0.3) is 5.56 Å².